The molecule has 0 saturated carbocycles. The summed E-state index contributed by atoms with van der Waals surface area (Å²) in [7, 11) is -0.615. The van der Waals surface area contributed by atoms with Crippen LogP contribution in [0.15, 0.2) is 109 Å². The molecule has 0 aromatic heterocycles. The van der Waals surface area contributed by atoms with Gasteiger partial charge in [0.15, 0.2) is 0 Å². The molecule has 0 radical (unpaired) electrons. The fraction of sp³-hybridized carbons (Fsp3) is 0.111. The SMILES string of the molecule is [CH3][Sn]([CH3])([CH3])[c]1ccccc1-c1ccccc1P(c1ccccc1)c1ccccc1. The number of hydrogen-bond donors (Lipinski definition) is 0. The standard InChI is InChI=1S/C24H18P.3CH3.Sn/c1-4-12-20(13-5-1)23-18-10-11-19-24(23)25(21-14-6-2-7-15-21)22-16-8-3-9-17-22;;;;/h1-12,14-19H;3*1H3;. The second-order valence-corrected chi connectivity index (χ2v) is 24.9. The molecule has 0 atom stereocenters. The van der Waals surface area contributed by atoms with Gasteiger partial charge in [-0.15, -0.1) is 0 Å². The van der Waals surface area contributed by atoms with Crippen LogP contribution in [0.1, 0.15) is 0 Å². The molecule has 4 rings (SSSR count). The molecule has 4 aromatic rings. The normalized spacial score (nSPS) is 11.6. The minimum absolute atomic E-state index is 0.615. The summed E-state index contributed by atoms with van der Waals surface area (Å²) in [6, 6.07) is 40.2. The monoisotopic (exact) mass is 502 g/mol. The third-order valence-electron chi connectivity index (χ3n) is 5.20. The maximum atomic E-state index is 2.51. The van der Waals surface area contributed by atoms with Crippen LogP contribution >= 0.6 is 7.92 Å². The zero-order valence-electron chi connectivity index (χ0n) is 17.3. The van der Waals surface area contributed by atoms with Crippen LogP contribution in [0.2, 0.25) is 14.8 Å². The number of rotatable bonds is 5. The van der Waals surface area contributed by atoms with E-state index in [1.165, 1.54) is 27.0 Å². The third-order valence-corrected chi connectivity index (χ3v) is 13.6. The summed E-state index contributed by atoms with van der Waals surface area (Å²) in [6.07, 6.45) is 0. The van der Waals surface area contributed by atoms with Gasteiger partial charge in [0.25, 0.3) is 0 Å². The van der Waals surface area contributed by atoms with Crippen molar-refractivity contribution in [2.45, 2.75) is 14.8 Å². The predicted molar refractivity (Wildman–Crippen MR) is 134 cm³/mol. The van der Waals surface area contributed by atoms with Crippen LogP contribution in [0.25, 0.3) is 11.1 Å². The number of benzene rings is 4. The molecule has 0 bridgehead atoms. The van der Waals surface area contributed by atoms with Crippen LogP contribution in [0.3, 0.4) is 0 Å². The van der Waals surface area contributed by atoms with Crippen molar-refractivity contribution >= 4 is 45.8 Å². The summed E-state index contributed by atoms with van der Waals surface area (Å²) >= 11 is -2.27. The topological polar surface area (TPSA) is 0 Å². The second kappa shape index (κ2) is 8.86. The summed E-state index contributed by atoms with van der Waals surface area (Å²) in [5.41, 5.74) is 2.83. The Balaban J connectivity index is 1.97. The molecule has 0 nitrogen and oxygen atoms in total. The molecular formula is C27H27PSn. The van der Waals surface area contributed by atoms with Crippen LogP contribution < -0.4 is 19.5 Å². The van der Waals surface area contributed by atoms with Gasteiger partial charge in [-0.1, -0.05) is 0 Å². The Hall–Kier alpha value is -1.89. The van der Waals surface area contributed by atoms with E-state index in [1.54, 1.807) is 3.58 Å². The minimum atomic E-state index is -2.27. The Kier molecular flexibility index (Phi) is 6.23. The van der Waals surface area contributed by atoms with E-state index in [9.17, 15) is 0 Å². The molecule has 29 heavy (non-hydrogen) atoms. The molecule has 144 valence electrons. The van der Waals surface area contributed by atoms with Crippen LogP contribution in [-0.4, -0.2) is 18.4 Å². The number of hydrogen-bond acceptors (Lipinski definition) is 0. The van der Waals surface area contributed by atoms with E-state index >= 15 is 0 Å². The van der Waals surface area contributed by atoms with Gasteiger partial charge in [0.05, 0.1) is 0 Å². The van der Waals surface area contributed by atoms with E-state index in [-0.39, 0.29) is 0 Å². The molecule has 0 aliphatic carbocycles. The molecule has 4 aromatic carbocycles. The van der Waals surface area contributed by atoms with Gasteiger partial charge in [0, 0.05) is 0 Å². The molecule has 0 unspecified atom stereocenters. The zero-order chi connectivity index (χ0) is 20.3. The fourth-order valence-corrected chi connectivity index (χ4v) is 10.9. The van der Waals surface area contributed by atoms with E-state index in [1.807, 2.05) is 0 Å². The molecule has 2 heteroatoms. The molecule has 0 N–H and O–H groups in total. The van der Waals surface area contributed by atoms with Gasteiger partial charge in [-0.25, -0.2) is 0 Å². The Morgan fingerprint density at radius 2 is 0.931 bits per heavy atom. The Labute approximate surface area is 180 Å². The van der Waals surface area contributed by atoms with E-state index in [4.69, 9.17) is 0 Å². The first kappa shape index (κ1) is 20.4. The van der Waals surface area contributed by atoms with Crippen molar-refractivity contribution in [3.8, 4) is 11.1 Å². The molecule has 0 fully saturated rings. The second-order valence-electron chi connectivity index (χ2n) is 8.32. The van der Waals surface area contributed by atoms with Crippen LogP contribution in [0, 0.1) is 0 Å². The average molecular weight is 501 g/mol. The molecule has 0 aliphatic rings. The molecule has 0 spiro atoms. The van der Waals surface area contributed by atoms with Crippen molar-refractivity contribution in [3.63, 3.8) is 0 Å². The zero-order valence-corrected chi connectivity index (χ0v) is 21.1. The molecule has 0 heterocycles. The summed E-state index contributed by atoms with van der Waals surface area (Å²) in [6.45, 7) is 0. The van der Waals surface area contributed by atoms with Gasteiger partial charge in [-0.05, 0) is 0 Å². The van der Waals surface area contributed by atoms with Gasteiger partial charge in [-0.2, -0.15) is 0 Å². The first-order valence-corrected chi connectivity index (χ1v) is 21.5. The summed E-state index contributed by atoms with van der Waals surface area (Å²) in [4.78, 5) is 7.52. The van der Waals surface area contributed by atoms with Crippen molar-refractivity contribution in [2.24, 2.45) is 0 Å². The van der Waals surface area contributed by atoms with E-state index in [0.29, 0.717) is 0 Å². The Morgan fingerprint density at radius 3 is 1.48 bits per heavy atom. The van der Waals surface area contributed by atoms with Gasteiger partial charge in [-0.3, -0.25) is 0 Å². The third kappa shape index (κ3) is 4.49. The first-order valence-electron chi connectivity index (χ1n) is 10.1. The van der Waals surface area contributed by atoms with Gasteiger partial charge >= 0.3 is 181 Å². The van der Waals surface area contributed by atoms with Crippen molar-refractivity contribution in [3.05, 3.63) is 109 Å². The van der Waals surface area contributed by atoms with Crippen molar-refractivity contribution < 1.29 is 0 Å². The maximum absolute atomic E-state index is 2.51. The van der Waals surface area contributed by atoms with Gasteiger partial charge in [0.2, 0.25) is 0 Å². The Bertz CT molecular complexity index is 1040. The Morgan fingerprint density at radius 1 is 0.483 bits per heavy atom. The van der Waals surface area contributed by atoms with E-state index in [2.05, 4.69) is 124 Å². The fourth-order valence-electron chi connectivity index (χ4n) is 3.85. The molecule has 0 saturated heterocycles. The summed E-state index contributed by atoms with van der Waals surface area (Å²) < 4.78 is 1.60. The van der Waals surface area contributed by atoms with Crippen molar-refractivity contribution in [2.75, 3.05) is 0 Å². The quantitative estimate of drug-likeness (QED) is 0.245. The van der Waals surface area contributed by atoms with Crippen molar-refractivity contribution in [1.29, 1.82) is 0 Å². The van der Waals surface area contributed by atoms with Crippen LogP contribution in [0.4, 0.5) is 0 Å². The molecular weight excluding hydrogens is 474 g/mol. The van der Waals surface area contributed by atoms with Crippen LogP contribution in [-0.2, 0) is 0 Å². The van der Waals surface area contributed by atoms with Crippen molar-refractivity contribution in [1.82, 2.24) is 0 Å². The van der Waals surface area contributed by atoms with Gasteiger partial charge in [0.1, 0.15) is 0 Å². The van der Waals surface area contributed by atoms with Crippen LogP contribution in [0.5, 0.6) is 0 Å². The first-order chi connectivity index (χ1) is 14.1. The predicted octanol–water partition coefficient (Wildman–Crippen LogP) is 5.66. The van der Waals surface area contributed by atoms with E-state index in [0.717, 1.165) is 0 Å². The molecule has 0 amide bonds. The van der Waals surface area contributed by atoms with E-state index < -0.39 is 26.3 Å². The average Bonchev–Trinajstić information content (AvgIpc) is 2.75. The molecule has 0 aliphatic heterocycles. The van der Waals surface area contributed by atoms with Gasteiger partial charge < -0.3 is 0 Å². The summed E-state index contributed by atoms with van der Waals surface area (Å²) in [5.74, 6) is 0. The summed E-state index contributed by atoms with van der Waals surface area (Å²) in [5, 5.41) is 4.25.